The van der Waals surface area contributed by atoms with Gasteiger partial charge in [-0.2, -0.15) is 0 Å². The third-order valence-electron chi connectivity index (χ3n) is 3.82. The van der Waals surface area contributed by atoms with Crippen molar-refractivity contribution in [2.24, 2.45) is 0 Å². The van der Waals surface area contributed by atoms with Gasteiger partial charge in [-0.3, -0.25) is 39.5 Å². The zero-order chi connectivity index (χ0) is 22.6. The van der Waals surface area contributed by atoms with E-state index in [9.17, 15) is 34.1 Å². The molecule has 0 saturated carbocycles. The quantitative estimate of drug-likeness (QED) is 0.294. The number of carbonyl (C=O) groups is 5. The number of nitro benzene ring substituents is 1. The lowest BCUT2D eigenvalue weighted by Crippen LogP contribution is -2.49. The topological polar surface area (TPSA) is 165 Å². The second-order valence-corrected chi connectivity index (χ2v) is 7.38. The molecule has 12 heteroatoms. The Balaban J connectivity index is 1.87. The molecule has 0 unspecified atom stereocenters. The largest absolute Gasteiger partial charge is 0.456 e. The minimum atomic E-state index is -0.896. The van der Waals surface area contributed by atoms with Crippen molar-refractivity contribution >= 4 is 35.4 Å². The Labute approximate surface area is 170 Å². The third kappa shape index (κ3) is 5.37. The van der Waals surface area contributed by atoms with Crippen molar-refractivity contribution < 1.29 is 33.6 Å². The summed E-state index contributed by atoms with van der Waals surface area (Å²) in [5, 5.41) is 15.5. The number of imide groups is 2. The summed E-state index contributed by atoms with van der Waals surface area (Å²) >= 11 is 0. The summed E-state index contributed by atoms with van der Waals surface area (Å²) in [5.41, 5.74) is -1.51. The molecule has 0 bridgehead atoms. The molecule has 12 nitrogen and oxygen atoms in total. The zero-order valence-corrected chi connectivity index (χ0v) is 16.5. The summed E-state index contributed by atoms with van der Waals surface area (Å²) in [4.78, 5) is 70.7. The molecule has 1 heterocycles. The number of urea groups is 1. The highest BCUT2D eigenvalue weighted by molar-refractivity contribution is 6.23. The van der Waals surface area contributed by atoms with E-state index in [0.717, 1.165) is 6.07 Å². The smallest absolute Gasteiger partial charge is 0.321 e. The zero-order valence-electron chi connectivity index (χ0n) is 16.5. The van der Waals surface area contributed by atoms with Crippen molar-refractivity contribution in [2.45, 2.75) is 32.7 Å². The highest BCUT2D eigenvalue weighted by Gasteiger charge is 2.40. The second-order valence-electron chi connectivity index (χ2n) is 7.38. The molecule has 1 aliphatic rings. The van der Waals surface area contributed by atoms with Crippen LogP contribution in [0.3, 0.4) is 0 Å². The van der Waals surface area contributed by atoms with Crippen molar-refractivity contribution in [3.05, 3.63) is 39.4 Å². The number of ether oxygens (including phenoxy) is 1. The molecule has 2 N–H and O–H groups in total. The van der Waals surface area contributed by atoms with Gasteiger partial charge in [0.05, 0.1) is 16.9 Å². The molecular formula is C18H20N4O8. The Kier molecular flexibility index (Phi) is 6.49. The van der Waals surface area contributed by atoms with E-state index in [2.05, 4.69) is 5.32 Å². The fourth-order valence-corrected chi connectivity index (χ4v) is 2.63. The van der Waals surface area contributed by atoms with Crippen LogP contribution in [-0.4, -0.2) is 58.2 Å². The van der Waals surface area contributed by atoms with E-state index in [1.165, 1.54) is 12.1 Å². The second kappa shape index (κ2) is 8.68. The van der Waals surface area contributed by atoms with Gasteiger partial charge in [0.15, 0.2) is 6.61 Å². The van der Waals surface area contributed by atoms with Crippen LogP contribution in [0.2, 0.25) is 0 Å². The first-order valence-electron chi connectivity index (χ1n) is 8.82. The van der Waals surface area contributed by atoms with Crippen LogP contribution in [0.1, 0.15) is 47.9 Å². The lowest BCUT2D eigenvalue weighted by molar-refractivity contribution is -0.385. The van der Waals surface area contributed by atoms with Gasteiger partial charge in [0.25, 0.3) is 23.4 Å². The van der Waals surface area contributed by atoms with Gasteiger partial charge in [-0.25, -0.2) is 4.79 Å². The first kappa shape index (κ1) is 22.5. The number of esters is 1. The fraction of sp³-hybridized carbons (Fsp3) is 0.389. The number of hydrogen-bond donors (Lipinski definition) is 2. The van der Waals surface area contributed by atoms with E-state index in [0.29, 0.717) is 4.90 Å². The number of nitrogens with zero attached hydrogens (tertiary/aromatic N) is 2. The number of hydrogen-bond acceptors (Lipinski definition) is 8. The highest BCUT2D eigenvalue weighted by Crippen LogP contribution is 2.30. The molecule has 5 amide bonds. The number of fused-ring (bicyclic) bond motifs is 1. The van der Waals surface area contributed by atoms with E-state index < -0.39 is 58.9 Å². The van der Waals surface area contributed by atoms with Gasteiger partial charge >= 0.3 is 12.0 Å². The minimum absolute atomic E-state index is 0.119. The number of nitro groups is 1. The van der Waals surface area contributed by atoms with E-state index >= 15 is 0 Å². The van der Waals surface area contributed by atoms with Crippen LogP contribution in [0, 0.1) is 10.1 Å². The Bertz CT molecular complexity index is 935. The maximum atomic E-state index is 12.4. The molecule has 0 radical (unpaired) electrons. The predicted octanol–water partition coefficient (Wildman–Crippen LogP) is 0.748. The normalized spacial score (nSPS) is 13.0. The Morgan fingerprint density at radius 2 is 1.83 bits per heavy atom. The summed E-state index contributed by atoms with van der Waals surface area (Å²) in [7, 11) is 0. The average molecular weight is 420 g/mol. The van der Waals surface area contributed by atoms with Crippen LogP contribution < -0.4 is 10.6 Å². The van der Waals surface area contributed by atoms with Crippen LogP contribution in [0.15, 0.2) is 18.2 Å². The molecule has 1 aromatic carbocycles. The number of rotatable bonds is 6. The summed E-state index contributed by atoms with van der Waals surface area (Å²) in [6.07, 6.45) is -0.430. The summed E-state index contributed by atoms with van der Waals surface area (Å²) in [6, 6.07) is 2.93. The van der Waals surface area contributed by atoms with Crippen LogP contribution in [0.25, 0.3) is 0 Å². The minimum Gasteiger partial charge on any atom is -0.456 e. The number of benzene rings is 1. The molecule has 0 atom stereocenters. The van der Waals surface area contributed by atoms with Gasteiger partial charge < -0.3 is 10.1 Å². The van der Waals surface area contributed by atoms with Crippen molar-refractivity contribution in [2.75, 3.05) is 13.2 Å². The SMILES string of the molecule is CC(C)(C)NC(=O)NC(=O)COC(=O)CCN1C(=O)c2cccc([N+](=O)[O-])c2C1=O. The molecule has 2 rings (SSSR count). The van der Waals surface area contributed by atoms with Crippen molar-refractivity contribution in [1.82, 2.24) is 15.5 Å². The van der Waals surface area contributed by atoms with E-state index in [-0.39, 0.29) is 17.7 Å². The van der Waals surface area contributed by atoms with E-state index in [4.69, 9.17) is 4.74 Å². The van der Waals surface area contributed by atoms with Crippen molar-refractivity contribution in [3.63, 3.8) is 0 Å². The maximum Gasteiger partial charge on any atom is 0.321 e. The number of nitrogens with one attached hydrogen (secondary N) is 2. The molecule has 0 fully saturated rings. The van der Waals surface area contributed by atoms with Crippen molar-refractivity contribution in [3.8, 4) is 0 Å². The molecule has 30 heavy (non-hydrogen) atoms. The molecule has 1 aliphatic heterocycles. The Hall–Kier alpha value is -3.83. The summed E-state index contributed by atoms with van der Waals surface area (Å²) < 4.78 is 4.72. The van der Waals surface area contributed by atoms with E-state index in [1.807, 2.05) is 5.32 Å². The number of carbonyl (C=O) groups excluding carboxylic acids is 5. The maximum absolute atomic E-state index is 12.4. The molecule has 0 spiro atoms. The van der Waals surface area contributed by atoms with Crippen molar-refractivity contribution in [1.29, 1.82) is 0 Å². The molecule has 0 saturated heterocycles. The fourth-order valence-electron chi connectivity index (χ4n) is 2.63. The first-order valence-corrected chi connectivity index (χ1v) is 8.82. The number of amides is 5. The van der Waals surface area contributed by atoms with Crippen LogP contribution >= 0.6 is 0 Å². The standard InChI is InChI=1S/C18H20N4O8/c1-18(2,3)20-17(27)19-12(23)9-30-13(24)7-8-21-15(25)10-5-4-6-11(22(28)29)14(10)16(21)26/h4-6H,7-9H2,1-3H3,(H2,19,20,23,27). The van der Waals surface area contributed by atoms with Gasteiger partial charge in [0.2, 0.25) is 0 Å². The first-order chi connectivity index (χ1) is 13.9. The lowest BCUT2D eigenvalue weighted by atomic mass is 10.1. The predicted molar refractivity (Wildman–Crippen MR) is 100 cm³/mol. The lowest BCUT2D eigenvalue weighted by Gasteiger charge is -2.20. The van der Waals surface area contributed by atoms with Gasteiger partial charge in [-0.15, -0.1) is 0 Å². The molecule has 160 valence electrons. The van der Waals surface area contributed by atoms with Gasteiger partial charge in [-0.1, -0.05) is 6.07 Å². The van der Waals surface area contributed by atoms with Gasteiger partial charge in [0.1, 0.15) is 5.56 Å². The monoisotopic (exact) mass is 420 g/mol. The summed E-state index contributed by atoms with van der Waals surface area (Å²) in [5.74, 6) is -3.40. The molecule has 0 aliphatic carbocycles. The summed E-state index contributed by atoms with van der Waals surface area (Å²) in [6.45, 7) is 4.03. The Morgan fingerprint density at radius 3 is 2.43 bits per heavy atom. The van der Waals surface area contributed by atoms with E-state index in [1.54, 1.807) is 20.8 Å². The third-order valence-corrected chi connectivity index (χ3v) is 3.82. The molecular weight excluding hydrogens is 400 g/mol. The Morgan fingerprint density at radius 1 is 1.17 bits per heavy atom. The van der Waals surface area contributed by atoms with Crippen LogP contribution in [0.5, 0.6) is 0 Å². The molecule has 0 aromatic heterocycles. The van der Waals surface area contributed by atoms with Gasteiger partial charge in [-0.05, 0) is 26.8 Å². The highest BCUT2D eigenvalue weighted by atomic mass is 16.6. The molecule has 1 aromatic rings. The average Bonchev–Trinajstić information content (AvgIpc) is 2.87. The van der Waals surface area contributed by atoms with Crippen LogP contribution in [-0.2, 0) is 14.3 Å². The van der Waals surface area contributed by atoms with Gasteiger partial charge in [0, 0.05) is 18.2 Å². The van der Waals surface area contributed by atoms with Crippen LogP contribution in [0.4, 0.5) is 10.5 Å².